The molecule has 0 spiro atoms. The number of hydrogen-bond donors (Lipinski definition) is 5. The van der Waals surface area contributed by atoms with Gasteiger partial charge in [0.25, 0.3) is 0 Å². The molecule has 2 aromatic heterocycles. The van der Waals surface area contributed by atoms with Crippen LogP contribution in [-0.2, 0) is 19.1 Å². The number of carbonyl (C=O) groups excluding carboxylic acids is 4. The van der Waals surface area contributed by atoms with E-state index in [1.807, 2.05) is 31.1 Å². The molecule has 14 nitrogen and oxygen atoms in total. The standard InChI is InChI=1S/C44H52N8O6/c1-25(2)37(51-44(56)58-5)42(54)52-20-8-11-36(52)39-45-23-34(48-39)28-14-12-27(13-15-28)30-16-17-32-22-33(19-18-31(32)21-30)35-24-46-40(49-35)38(29-9-6-7-10-29)50-41(53)26(3)47-43(55)57-4/h12-19,21-26,29,36-38H,6-11,20H2,1-5H3,(H,45,48)(H,46,49)(H,47,55)(H,50,53)(H,51,56)/t26-,36-,37-,38-/m0/s1. The number of aromatic nitrogens is 4. The Labute approximate surface area is 337 Å². The average Bonchev–Trinajstić information content (AvgIpc) is 4.09. The van der Waals surface area contributed by atoms with E-state index in [9.17, 15) is 19.2 Å². The van der Waals surface area contributed by atoms with E-state index >= 15 is 0 Å². The molecular formula is C44H52N8O6. The van der Waals surface area contributed by atoms with E-state index in [0.717, 1.165) is 88.8 Å². The number of rotatable bonds is 12. The third-order valence-corrected chi connectivity index (χ3v) is 11.5. The topological polar surface area (TPSA) is 183 Å². The molecule has 7 rings (SSSR count). The second-order valence-corrected chi connectivity index (χ2v) is 15.7. The molecule has 3 aromatic carbocycles. The first-order valence-corrected chi connectivity index (χ1v) is 20.1. The monoisotopic (exact) mass is 788 g/mol. The molecule has 0 unspecified atom stereocenters. The molecule has 14 heteroatoms. The fourth-order valence-electron chi connectivity index (χ4n) is 8.20. The molecule has 0 bridgehead atoms. The number of likely N-dealkylation sites (tertiary alicyclic amines) is 1. The van der Waals surface area contributed by atoms with Gasteiger partial charge in [0.15, 0.2) is 0 Å². The van der Waals surface area contributed by atoms with E-state index in [0.29, 0.717) is 12.4 Å². The molecular weight excluding hydrogens is 737 g/mol. The van der Waals surface area contributed by atoms with Crippen molar-refractivity contribution in [2.45, 2.75) is 83.5 Å². The first-order valence-electron chi connectivity index (χ1n) is 20.1. The minimum Gasteiger partial charge on any atom is -0.453 e. The Balaban J connectivity index is 1.03. The summed E-state index contributed by atoms with van der Waals surface area (Å²) in [5.74, 6) is 1.14. The lowest BCUT2D eigenvalue weighted by atomic mass is 9.97. The molecule has 1 saturated heterocycles. The SMILES string of the molecule is COC(=O)N[C@@H](C)C(=O)N[C@H](c1ncc(-c2ccc3cc(-c4ccc(-c5cnc([C@@H]6CCCN6C(=O)[C@@H](NC(=O)OC)C(C)C)[nH]5)cc4)ccc3c2)[nH]1)C1CCCC1. The Kier molecular flexibility index (Phi) is 12.1. The fraction of sp³-hybridized carbons (Fsp3) is 0.409. The quantitative estimate of drug-likeness (QED) is 0.0865. The molecule has 1 aliphatic heterocycles. The van der Waals surface area contributed by atoms with Gasteiger partial charge in [0.05, 0.1) is 50.1 Å². The summed E-state index contributed by atoms with van der Waals surface area (Å²) in [4.78, 5) is 68.4. The molecule has 2 aliphatic rings. The number of hydrogen-bond acceptors (Lipinski definition) is 8. The summed E-state index contributed by atoms with van der Waals surface area (Å²) >= 11 is 0. The van der Waals surface area contributed by atoms with Crippen molar-refractivity contribution in [1.29, 1.82) is 0 Å². The second kappa shape index (κ2) is 17.5. The number of H-pyrrole nitrogens is 2. The zero-order valence-electron chi connectivity index (χ0n) is 33.6. The molecule has 5 aromatic rings. The Bertz CT molecular complexity index is 2260. The van der Waals surface area contributed by atoms with Crippen LogP contribution in [0.15, 0.2) is 73.1 Å². The van der Waals surface area contributed by atoms with Gasteiger partial charge >= 0.3 is 12.2 Å². The normalized spacial score (nSPS) is 17.2. The largest absolute Gasteiger partial charge is 0.453 e. The molecule has 4 atom stereocenters. The minimum absolute atomic E-state index is 0.104. The maximum atomic E-state index is 13.6. The highest BCUT2D eigenvalue weighted by molar-refractivity contribution is 5.91. The number of nitrogens with zero attached hydrogens (tertiary/aromatic N) is 3. The summed E-state index contributed by atoms with van der Waals surface area (Å²) < 4.78 is 9.42. The number of aromatic amines is 2. The lowest BCUT2D eigenvalue weighted by molar-refractivity contribution is -0.135. The van der Waals surface area contributed by atoms with Crippen LogP contribution in [0.4, 0.5) is 9.59 Å². The Morgan fingerprint density at radius 2 is 1.31 bits per heavy atom. The van der Waals surface area contributed by atoms with E-state index in [2.05, 4.69) is 96.3 Å². The number of alkyl carbamates (subject to hydrolysis) is 2. The Hall–Kier alpha value is -6.18. The van der Waals surface area contributed by atoms with Crippen LogP contribution < -0.4 is 16.0 Å². The molecule has 1 aliphatic carbocycles. The molecule has 58 heavy (non-hydrogen) atoms. The van der Waals surface area contributed by atoms with E-state index in [-0.39, 0.29) is 35.7 Å². The molecule has 304 valence electrons. The number of ether oxygens (including phenoxy) is 2. The van der Waals surface area contributed by atoms with Gasteiger partial charge in [0.2, 0.25) is 11.8 Å². The van der Waals surface area contributed by atoms with E-state index < -0.39 is 24.3 Å². The van der Waals surface area contributed by atoms with Crippen LogP contribution in [0.3, 0.4) is 0 Å². The maximum Gasteiger partial charge on any atom is 0.407 e. The third kappa shape index (κ3) is 8.70. The summed E-state index contributed by atoms with van der Waals surface area (Å²) in [6, 6.07) is 19.1. The first kappa shape index (κ1) is 40.0. The summed E-state index contributed by atoms with van der Waals surface area (Å²) in [7, 11) is 2.56. The van der Waals surface area contributed by atoms with Crippen molar-refractivity contribution >= 4 is 34.8 Å². The van der Waals surface area contributed by atoms with Crippen LogP contribution in [0, 0.1) is 11.8 Å². The molecule has 4 amide bonds. The van der Waals surface area contributed by atoms with Gasteiger partial charge in [-0.1, -0.05) is 75.2 Å². The van der Waals surface area contributed by atoms with Gasteiger partial charge in [-0.3, -0.25) is 9.59 Å². The van der Waals surface area contributed by atoms with Crippen LogP contribution in [0.1, 0.15) is 83.0 Å². The average molecular weight is 789 g/mol. The number of carbonyl (C=O) groups is 4. The predicted octanol–water partition coefficient (Wildman–Crippen LogP) is 7.42. The van der Waals surface area contributed by atoms with Gasteiger partial charge in [-0.2, -0.15) is 0 Å². The molecule has 0 radical (unpaired) electrons. The molecule has 1 saturated carbocycles. The number of methoxy groups -OCH3 is 2. The van der Waals surface area contributed by atoms with Crippen molar-refractivity contribution in [2.24, 2.45) is 11.8 Å². The van der Waals surface area contributed by atoms with Crippen molar-refractivity contribution in [2.75, 3.05) is 20.8 Å². The minimum atomic E-state index is -0.754. The molecule has 2 fully saturated rings. The zero-order valence-corrected chi connectivity index (χ0v) is 33.6. The summed E-state index contributed by atoms with van der Waals surface area (Å²) in [5.41, 5.74) is 5.86. The van der Waals surface area contributed by atoms with Crippen molar-refractivity contribution in [3.05, 3.63) is 84.7 Å². The van der Waals surface area contributed by atoms with Gasteiger partial charge in [-0.25, -0.2) is 19.6 Å². The number of amides is 4. The van der Waals surface area contributed by atoms with Gasteiger partial charge in [0.1, 0.15) is 23.7 Å². The van der Waals surface area contributed by atoms with Crippen molar-refractivity contribution in [1.82, 2.24) is 40.8 Å². The lowest BCUT2D eigenvalue weighted by Crippen LogP contribution is -2.51. The number of nitrogens with one attached hydrogen (secondary N) is 5. The van der Waals surface area contributed by atoms with Gasteiger partial charge in [-0.15, -0.1) is 0 Å². The van der Waals surface area contributed by atoms with E-state index in [1.54, 1.807) is 6.92 Å². The number of imidazole rings is 2. The Morgan fingerprint density at radius 1 is 0.707 bits per heavy atom. The molecule has 3 heterocycles. The highest BCUT2D eigenvalue weighted by Gasteiger charge is 2.37. The smallest absolute Gasteiger partial charge is 0.407 e. The highest BCUT2D eigenvalue weighted by atomic mass is 16.5. The third-order valence-electron chi connectivity index (χ3n) is 11.5. The van der Waals surface area contributed by atoms with Gasteiger partial charge in [0, 0.05) is 12.1 Å². The summed E-state index contributed by atoms with van der Waals surface area (Å²) in [5, 5.41) is 10.6. The summed E-state index contributed by atoms with van der Waals surface area (Å²) in [6.45, 7) is 6.03. The van der Waals surface area contributed by atoms with Gasteiger partial charge in [-0.05, 0) is 84.0 Å². The van der Waals surface area contributed by atoms with Crippen molar-refractivity contribution in [3.63, 3.8) is 0 Å². The van der Waals surface area contributed by atoms with Crippen LogP contribution >= 0.6 is 0 Å². The van der Waals surface area contributed by atoms with Crippen molar-refractivity contribution < 1.29 is 28.7 Å². The fourth-order valence-corrected chi connectivity index (χ4v) is 8.20. The van der Waals surface area contributed by atoms with E-state index in [1.165, 1.54) is 14.2 Å². The highest BCUT2D eigenvalue weighted by Crippen LogP contribution is 2.37. The maximum absolute atomic E-state index is 13.6. The van der Waals surface area contributed by atoms with Crippen LogP contribution in [-0.4, -0.2) is 81.7 Å². The van der Waals surface area contributed by atoms with Crippen molar-refractivity contribution in [3.8, 4) is 33.6 Å². The number of fused-ring (bicyclic) bond motifs is 1. The zero-order chi connectivity index (χ0) is 40.9. The van der Waals surface area contributed by atoms with Gasteiger partial charge < -0.3 is 40.3 Å². The lowest BCUT2D eigenvalue weighted by Gasteiger charge is -2.30. The number of benzene rings is 3. The van der Waals surface area contributed by atoms with E-state index in [4.69, 9.17) is 9.72 Å². The molecule has 5 N–H and O–H groups in total. The first-order chi connectivity index (χ1) is 28.0. The predicted molar refractivity (Wildman–Crippen MR) is 220 cm³/mol. The van der Waals surface area contributed by atoms with Crippen LogP contribution in [0.2, 0.25) is 0 Å². The van der Waals surface area contributed by atoms with Crippen LogP contribution in [0.25, 0.3) is 44.4 Å². The summed E-state index contributed by atoms with van der Waals surface area (Å²) in [6.07, 6.45) is 8.17. The van der Waals surface area contributed by atoms with Crippen LogP contribution in [0.5, 0.6) is 0 Å². The second-order valence-electron chi connectivity index (χ2n) is 15.7. The Morgan fingerprint density at radius 3 is 2.00 bits per heavy atom.